The lowest BCUT2D eigenvalue weighted by Gasteiger charge is -2.24. The Bertz CT molecular complexity index is 1960. The first-order valence-electron chi connectivity index (χ1n) is 13.9. The topological polar surface area (TPSA) is 23.4 Å². The summed E-state index contributed by atoms with van der Waals surface area (Å²) in [6, 6.07) is 38.5. The molecule has 0 saturated heterocycles. The summed E-state index contributed by atoms with van der Waals surface area (Å²) in [5, 5.41) is 7.84. The van der Waals surface area contributed by atoms with Gasteiger partial charge in [0.2, 0.25) is 0 Å². The fourth-order valence-corrected chi connectivity index (χ4v) is 6.58. The summed E-state index contributed by atoms with van der Waals surface area (Å²) < 4.78 is 13.7. The normalized spacial score (nSPS) is 11.7. The Morgan fingerprint density at radius 2 is 1.32 bits per heavy atom. The maximum atomic E-state index is 5.82. The molecular formula is C37H34NO2P. The monoisotopic (exact) mass is 555 g/mol. The second-order valence-electron chi connectivity index (χ2n) is 11.2. The molecule has 0 amide bonds. The summed E-state index contributed by atoms with van der Waals surface area (Å²) in [6.07, 6.45) is 0. The summed E-state index contributed by atoms with van der Waals surface area (Å²) in [4.78, 5) is 0. The minimum atomic E-state index is 0.0143. The van der Waals surface area contributed by atoms with Crippen LogP contribution < -0.4 is 9.47 Å². The Morgan fingerprint density at radius 1 is 0.610 bits per heavy atom. The highest BCUT2D eigenvalue weighted by molar-refractivity contribution is 7.36. The Morgan fingerprint density at radius 3 is 2.10 bits per heavy atom. The summed E-state index contributed by atoms with van der Waals surface area (Å²) in [5.74, 6) is 3.68. The molecule has 0 fully saturated rings. The molecule has 204 valence electrons. The van der Waals surface area contributed by atoms with Gasteiger partial charge in [0.05, 0.1) is 25.4 Å². The van der Waals surface area contributed by atoms with E-state index in [0.717, 1.165) is 27.9 Å². The third kappa shape index (κ3) is 4.81. The summed E-state index contributed by atoms with van der Waals surface area (Å²) in [5.41, 5.74) is 4.67. The van der Waals surface area contributed by atoms with E-state index in [4.69, 9.17) is 9.47 Å². The molecule has 0 unspecified atom stereocenters. The Hall–Kier alpha value is -4.33. The van der Waals surface area contributed by atoms with Crippen LogP contribution in [-0.2, 0) is 5.41 Å². The smallest absolute Gasteiger partial charge is 0.185 e. The standard InChI is InChI=1S/C24H25NO2.C13H9P/c1-24(2,3)18-11-7-9-13-20(18)25-19-12-8-6-10-16(19)17-14-15-21(26-4)23(27-5)22(17)25;1-2-5-11-10(4-1)7-8-13-12(11)6-3-9-14-13/h6-15H,1-5H3;1-9H. The molecule has 4 heteroatoms. The van der Waals surface area contributed by atoms with Gasteiger partial charge in [-0.05, 0) is 63.3 Å². The highest BCUT2D eigenvalue weighted by atomic mass is 31.0. The van der Waals surface area contributed by atoms with Crippen molar-refractivity contribution in [2.45, 2.75) is 26.2 Å². The van der Waals surface area contributed by atoms with Gasteiger partial charge in [-0.15, -0.1) is 0 Å². The third-order valence-electron chi connectivity index (χ3n) is 7.64. The second kappa shape index (κ2) is 10.9. The third-order valence-corrected chi connectivity index (χ3v) is 8.63. The quantitative estimate of drug-likeness (QED) is 0.203. The van der Waals surface area contributed by atoms with Crippen LogP contribution in [0.15, 0.2) is 115 Å². The van der Waals surface area contributed by atoms with Crippen LogP contribution in [-0.4, -0.2) is 18.8 Å². The average molecular weight is 556 g/mol. The maximum absolute atomic E-state index is 5.82. The number of benzene rings is 5. The van der Waals surface area contributed by atoms with Gasteiger partial charge in [0.1, 0.15) is 5.52 Å². The van der Waals surface area contributed by atoms with Crippen molar-refractivity contribution < 1.29 is 9.47 Å². The molecule has 41 heavy (non-hydrogen) atoms. The van der Waals surface area contributed by atoms with Gasteiger partial charge in [-0.1, -0.05) is 108 Å². The fraction of sp³-hybridized carbons (Fsp3) is 0.162. The van der Waals surface area contributed by atoms with Crippen molar-refractivity contribution in [3.63, 3.8) is 0 Å². The van der Waals surface area contributed by atoms with E-state index in [1.165, 1.54) is 46.1 Å². The molecule has 0 bridgehead atoms. The summed E-state index contributed by atoms with van der Waals surface area (Å²) in [6.45, 7) is 6.74. The average Bonchev–Trinajstić information content (AvgIpc) is 3.34. The van der Waals surface area contributed by atoms with Crippen molar-refractivity contribution in [1.82, 2.24) is 4.57 Å². The van der Waals surface area contributed by atoms with E-state index < -0.39 is 0 Å². The van der Waals surface area contributed by atoms with Crippen LogP contribution >= 0.6 is 8.19 Å². The van der Waals surface area contributed by atoms with Crippen LogP contribution in [0.25, 0.3) is 48.8 Å². The van der Waals surface area contributed by atoms with Crippen LogP contribution in [0.4, 0.5) is 0 Å². The van der Waals surface area contributed by atoms with Crippen molar-refractivity contribution in [1.29, 1.82) is 0 Å². The maximum Gasteiger partial charge on any atom is 0.185 e. The van der Waals surface area contributed by atoms with Crippen molar-refractivity contribution >= 4 is 51.3 Å². The highest BCUT2D eigenvalue weighted by Crippen LogP contribution is 2.43. The van der Waals surface area contributed by atoms with E-state index >= 15 is 0 Å². The van der Waals surface area contributed by atoms with Crippen LogP contribution in [0.5, 0.6) is 11.5 Å². The van der Waals surface area contributed by atoms with E-state index in [-0.39, 0.29) is 5.41 Å². The molecular weight excluding hydrogens is 521 g/mol. The molecule has 0 saturated carbocycles. The molecule has 2 heterocycles. The van der Waals surface area contributed by atoms with Crippen molar-refractivity contribution in [2.75, 3.05) is 14.2 Å². The summed E-state index contributed by atoms with van der Waals surface area (Å²) in [7, 11) is 4.69. The van der Waals surface area contributed by atoms with Gasteiger partial charge in [0.15, 0.2) is 11.5 Å². The zero-order chi connectivity index (χ0) is 28.6. The lowest BCUT2D eigenvalue weighted by atomic mass is 9.85. The Balaban J connectivity index is 0.000000180. The predicted octanol–water partition coefficient (Wildman–Crippen LogP) is 10.7. The number of rotatable bonds is 3. The molecule has 0 atom stereocenters. The minimum Gasteiger partial charge on any atom is -0.493 e. The minimum absolute atomic E-state index is 0.0143. The van der Waals surface area contributed by atoms with Gasteiger partial charge in [-0.3, -0.25) is 0 Å². The largest absolute Gasteiger partial charge is 0.493 e. The highest BCUT2D eigenvalue weighted by Gasteiger charge is 2.24. The van der Waals surface area contributed by atoms with Gasteiger partial charge < -0.3 is 14.0 Å². The van der Waals surface area contributed by atoms with Crippen molar-refractivity contribution in [2.24, 2.45) is 0 Å². The van der Waals surface area contributed by atoms with E-state index in [2.05, 4.69) is 134 Å². The number of nitrogens with zero attached hydrogens (tertiary/aromatic N) is 1. The number of methoxy groups -OCH3 is 2. The van der Waals surface area contributed by atoms with E-state index in [1.807, 2.05) is 6.07 Å². The van der Waals surface area contributed by atoms with Gasteiger partial charge in [0, 0.05) is 15.9 Å². The zero-order valence-electron chi connectivity index (χ0n) is 24.2. The fourth-order valence-electron chi connectivity index (χ4n) is 5.75. The van der Waals surface area contributed by atoms with Crippen LogP contribution in [0, 0.1) is 0 Å². The molecule has 7 rings (SSSR count). The van der Waals surface area contributed by atoms with E-state index in [9.17, 15) is 0 Å². The van der Waals surface area contributed by atoms with Crippen molar-refractivity contribution in [3.05, 3.63) is 121 Å². The molecule has 0 N–H and O–H groups in total. The molecule has 7 aromatic rings. The van der Waals surface area contributed by atoms with Gasteiger partial charge in [0.25, 0.3) is 0 Å². The molecule has 0 aliphatic heterocycles. The van der Waals surface area contributed by atoms with E-state index in [1.54, 1.807) is 14.2 Å². The molecule has 0 radical (unpaired) electrons. The number of hydrogen-bond donors (Lipinski definition) is 0. The number of hydrogen-bond acceptors (Lipinski definition) is 2. The number of ether oxygens (including phenoxy) is 2. The Kier molecular flexibility index (Phi) is 7.15. The van der Waals surface area contributed by atoms with Crippen LogP contribution in [0.3, 0.4) is 0 Å². The molecule has 5 aromatic carbocycles. The number of para-hydroxylation sites is 2. The second-order valence-corrected chi connectivity index (χ2v) is 12.2. The lowest BCUT2D eigenvalue weighted by molar-refractivity contribution is 0.358. The van der Waals surface area contributed by atoms with E-state index in [0.29, 0.717) is 0 Å². The van der Waals surface area contributed by atoms with Crippen molar-refractivity contribution in [3.8, 4) is 17.2 Å². The first kappa shape index (κ1) is 26.9. The van der Waals surface area contributed by atoms with Crippen LogP contribution in [0.1, 0.15) is 26.3 Å². The molecule has 0 aliphatic rings. The predicted molar refractivity (Wildman–Crippen MR) is 177 cm³/mol. The first-order chi connectivity index (χ1) is 19.9. The zero-order valence-corrected chi connectivity index (χ0v) is 25.1. The number of fused-ring (bicyclic) bond motifs is 6. The number of aromatic nitrogens is 1. The molecule has 0 spiro atoms. The molecule has 2 aromatic heterocycles. The van der Waals surface area contributed by atoms with Crippen LogP contribution in [0.2, 0.25) is 0 Å². The van der Waals surface area contributed by atoms with Gasteiger partial charge in [-0.2, -0.15) is 0 Å². The summed E-state index contributed by atoms with van der Waals surface area (Å²) >= 11 is 0. The van der Waals surface area contributed by atoms with Gasteiger partial charge >= 0.3 is 0 Å². The van der Waals surface area contributed by atoms with Gasteiger partial charge in [-0.25, -0.2) is 0 Å². The molecule has 0 aliphatic carbocycles. The lowest BCUT2D eigenvalue weighted by Crippen LogP contribution is -2.15. The SMILES string of the molecule is COc1ccc2c3ccccc3n(-c3ccccc3C(C)(C)C)c2c1OC.c1ccc2c(c1)ccc1pcccc12. The molecule has 3 nitrogen and oxygen atoms in total. The first-order valence-corrected chi connectivity index (χ1v) is 14.8. The Labute approximate surface area is 243 Å².